The zero-order valence-electron chi connectivity index (χ0n) is 18.8. The summed E-state index contributed by atoms with van der Waals surface area (Å²) >= 11 is 5.78. The van der Waals surface area contributed by atoms with Gasteiger partial charge in [0.2, 0.25) is 0 Å². The molecule has 4 rings (SSSR count). The Balaban J connectivity index is 1.24. The number of hydrogen-bond donors (Lipinski definition) is 1. The molecule has 2 fully saturated rings. The number of piperazine rings is 1. The minimum atomic E-state index is -0.209. The van der Waals surface area contributed by atoms with Gasteiger partial charge in [0.15, 0.2) is 0 Å². The van der Waals surface area contributed by atoms with Gasteiger partial charge in [0.25, 0.3) is 5.91 Å². The average molecular weight is 471 g/mol. The molecule has 0 bridgehead atoms. The highest BCUT2D eigenvalue weighted by atomic mass is 35.5. The van der Waals surface area contributed by atoms with Crippen LogP contribution in [0.4, 0.5) is 10.5 Å². The van der Waals surface area contributed by atoms with Gasteiger partial charge in [-0.1, -0.05) is 49.8 Å². The molecule has 2 aromatic rings. The van der Waals surface area contributed by atoms with E-state index in [0.717, 1.165) is 18.1 Å². The van der Waals surface area contributed by atoms with Crippen molar-refractivity contribution in [1.29, 1.82) is 0 Å². The van der Waals surface area contributed by atoms with Crippen molar-refractivity contribution >= 4 is 29.2 Å². The lowest BCUT2D eigenvalue weighted by atomic mass is 9.87. The maximum Gasteiger partial charge on any atom is 0.322 e. The van der Waals surface area contributed by atoms with Crippen LogP contribution in [0.1, 0.15) is 48.9 Å². The van der Waals surface area contributed by atoms with Crippen LogP contribution in [0.15, 0.2) is 42.6 Å². The zero-order valence-corrected chi connectivity index (χ0v) is 19.6. The highest BCUT2D eigenvalue weighted by Gasteiger charge is 2.25. The number of benzene rings is 1. The number of carbonyl (C=O) groups excluding carboxylic acids is 2. The second kappa shape index (κ2) is 11.4. The third-order valence-electron chi connectivity index (χ3n) is 6.43. The van der Waals surface area contributed by atoms with Gasteiger partial charge in [-0.25, -0.2) is 9.78 Å². The van der Waals surface area contributed by atoms with Gasteiger partial charge in [0.1, 0.15) is 10.9 Å². The number of hydrogen-bond acceptors (Lipinski definition) is 4. The number of ether oxygens (including phenoxy) is 1. The molecule has 3 amide bonds. The third kappa shape index (κ3) is 6.60. The summed E-state index contributed by atoms with van der Waals surface area (Å²) in [6.07, 6.45) is 9.24. The molecule has 0 unspecified atom stereocenters. The number of urea groups is 1. The number of halogens is 1. The molecule has 8 heteroatoms. The Kier molecular flexibility index (Phi) is 8.05. The fourth-order valence-corrected chi connectivity index (χ4v) is 4.60. The summed E-state index contributed by atoms with van der Waals surface area (Å²) in [5.41, 5.74) is 1.21. The van der Waals surface area contributed by atoms with Crippen LogP contribution >= 0.6 is 11.6 Å². The van der Waals surface area contributed by atoms with E-state index >= 15 is 0 Å². The van der Waals surface area contributed by atoms with Crippen LogP contribution in [-0.2, 0) is 0 Å². The molecule has 2 aliphatic rings. The van der Waals surface area contributed by atoms with Crippen LogP contribution in [0.3, 0.4) is 0 Å². The van der Waals surface area contributed by atoms with Gasteiger partial charge < -0.3 is 19.9 Å². The lowest BCUT2D eigenvalue weighted by Gasteiger charge is -2.34. The number of pyridine rings is 1. The molecule has 7 nitrogen and oxygen atoms in total. The summed E-state index contributed by atoms with van der Waals surface area (Å²) in [7, 11) is 0. The molecule has 0 spiro atoms. The van der Waals surface area contributed by atoms with Gasteiger partial charge in [-0.15, -0.1) is 0 Å². The molecule has 33 heavy (non-hydrogen) atoms. The molecule has 0 radical (unpaired) electrons. The molecule has 1 aromatic heterocycles. The van der Waals surface area contributed by atoms with E-state index in [1.165, 1.54) is 38.3 Å². The van der Waals surface area contributed by atoms with Crippen molar-refractivity contribution < 1.29 is 14.3 Å². The summed E-state index contributed by atoms with van der Waals surface area (Å²) in [5, 5.41) is 3.18. The lowest BCUT2D eigenvalue weighted by Crippen LogP contribution is -2.51. The first-order chi connectivity index (χ1) is 16.1. The van der Waals surface area contributed by atoms with Gasteiger partial charge in [-0.05, 0) is 42.7 Å². The van der Waals surface area contributed by atoms with E-state index in [1.807, 2.05) is 24.3 Å². The molecule has 1 N–H and O–H groups in total. The van der Waals surface area contributed by atoms with Crippen molar-refractivity contribution in [2.24, 2.45) is 5.92 Å². The summed E-state index contributed by atoms with van der Waals surface area (Å²) < 4.78 is 5.95. The molecule has 1 aromatic carbocycles. The van der Waals surface area contributed by atoms with Gasteiger partial charge in [0, 0.05) is 31.7 Å². The summed E-state index contributed by atoms with van der Waals surface area (Å²) in [6, 6.07) is 10.6. The number of nitrogens with zero attached hydrogens (tertiary/aromatic N) is 3. The fraction of sp³-hybridized carbons (Fsp3) is 0.480. The van der Waals surface area contributed by atoms with Crippen LogP contribution in [-0.4, -0.2) is 59.5 Å². The molecule has 176 valence electrons. The van der Waals surface area contributed by atoms with Crippen LogP contribution < -0.4 is 10.1 Å². The van der Waals surface area contributed by atoms with Crippen LogP contribution in [0.25, 0.3) is 0 Å². The average Bonchev–Trinajstić information content (AvgIpc) is 2.86. The quantitative estimate of drug-likeness (QED) is 0.598. The van der Waals surface area contributed by atoms with Gasteiger partial charge >= 0.3 is 6.03 Å². The highest BCUT2D eigenvalue weighted by Crippen LogP contribution is 2.26. The third-order valence-corrected chi connectivity index (χ3v) is 6.66. The number of carbonyl (C=O) groups is 2. The topological polar surface area (TPSA) is 74.8 Å². The number of nitrogens with one attached hydrogen (secondary N) is 1. The van der Waals surface area contributed by atoms with Gasteiger partial charge in [-0.2, -0.15) is 0 Å². The van der Waals surface area contributed by atoms with Crippen LogP contribution in [0, 0.1) is 5.92 Å². The second-order valence-corrected chi connectivity index (χ2v) is 9.14. The Morgan fingerprint density at radius 1 is 1.03 bits per heavy atom. The number of rotatable bonds is 6. The number of anilines is 1. The van der Waals surface area contributed by atoms with Crippen molar-refractivity contribution in [2.45, 2.75) is 38.5 Å². The zero-order chi connectivity index (χ0) is 23.0. The predicted molar refractivity (Wildman–Crippen MR) is 129 cm³/mol. The Bertz CT molecular complexity index is 939. The largest absolute Gasteiger partial charge is 0.494 e. The first-order valence-electron chi connectivity index (χ1n) is 11.8. The smallest absolute Gasteiger partial charge is 0.322 e. The van der Waals surface area contributed by atoms with Crippen molar-refractivity contribution in [3.8, 4) is 5.75 Å². The Hall–Kier alpha value is -2.80. The Morgan fingerprint density at radius 3 is 2.52 bits per heavy atom. The van der Waals surface area contributed by atoms with Crippen LogP contribution in [0.2, 0.25) is 5.15 Å². The number of amides is 3. The first-order valence-corrected chi connectivity index (χ1v) is 12.2. The molecule has 1 saturated heterocycles. The Morgan fingerprint density at radius 2 is 1.79 bits per heavy atom. The molecule has 1 saturated carbocycles. The molecule has 1 aliphatic heterocycles. The van der Waals surface area contributed by atoms with E-state index in [0.29, 0.717) is 49.2 Å². The minimum absolute atomic E-state index is 0.0327. The summed E-state index contributed by atoms with van der Waals surface area (Å²) in [6.45, 7) is 2.60. The van der Waals surface area contributed by atoms with Gasteiger partial charge in [0.05, 0.1) is 18.5 Å². The van der Waals surface area contributed by atoms with E-state index in [4.69, 9.17) is 16.3 Å². The van der Waals surface area contributed by atoms with E-state index in [1.54, 1.807) is 21.9 Å². The normalized spacial score (nSPS) is 17.0. The number of aromatic nitrogens is 1. The predicted octanol–water partition coefficient (Wildman–Crippen LogP) is 5.07. The van der Waals surface area contributed by atoms with Gasteiger partial charge in [-0.3, -0.25) is 4.79 Å². The maximum absolute atomic E-state index is 13.0. The lowest BCUT2D eigenvalue weighted by molar-refractivity contribution is 0.0671. The molecule has 1 aliphatic carbocycles. The van der Waals surface area contributed by atoms with E-state index < -0.39 is 0 Å². The van der Waals surface area contributed by atoms with Crippen LogP contribution in [0.5, 0.6) is 5.75 Å². The molecule has 0 atom stereocenters. The molecule has 2 heterocycles. The fourth-order valence-electron chi connectivity index (χ4n) is 4.49. The summed E-state index contributed by atoms with van der Waals surface area (Å²) in [4.78, 5) is 32.9. The molecular formula is C25H31ClN4O3. The molecular weight excluding hydrogens is 440 g/mol. The summed E-state index contributed by atoms with van der Waals surface area (Å²) in [5.74, 6) is 1.48. The highest BCUT2D eigenvalue weighted by molar-refractivity contribution is 6.29. The van der Waals surface area contributed by atoms with Crippen molar-refractivity contribution in [3.63, 3.8) is 0 Å². The van der Waals surface area contributed by atoms with E-state index in [-0.39, 0.29) is 11.9 Å². The van der Waals surface area contributed by atoms with E-state index in [9.17, 15) is 9.59 Å². The SMILES string of the molecule is O=C(Nc1ccc(Cl)nc1)N1CCN(C(=O)c2cccc(OCCC3CCCCC3)c2)CC1. The van der Waals surface area contributed by atoms with E-state index in [2.05, 4.69) is 10.3 Å². The maximum atomic E-state index is 13.0. The second-order valence-electron chi connectivity index (χ2n) is 8.75. The Labute approximate surface area is 200 Å². The monoisotopic (exact) mass is 470 g/mol. The van der Waals surface area contributed by atoms with Crippen molar-refractivity contribution in [3.05, 3.63) is 53.3 Å². The van der Waals surface area contributed by atoms with Crippen molar-refractivity contribution in [1.82, 2.24) is 14.8 Å². The first kappa shape index (κ1) is 23.4. The minimum Gasteiger partial charge on any atom is -0.494 e. The van der Waals surface area contributed by atoms with Crippen molar-refractivity contribution in [2.75, 3.05) is 38.1 Å². The standard InChI is InChI=1S/C25H31ClN4O3/c26-23-10-9-21(18-27-23)28-25(32)30-14-12-29(13-15-30)24(31)20-7-4-8-22(17-20)33-16-11-19-5-2-1-3-6-19/h4,7-10,17-19H,1-3,5-6,11-16H2,(H,28,32).